The molecule has 4 aromatic carbocycles. The fourth-order valence-electron chi connectivity index (χ4n) is 6.75. The number of nitrogens with zero attached hydrogens (tertiary/aromatic N) is 3. The summed E-state index contributed by atoms with van der Waals surface area (Å²) in [5.41, 5.74) is 19.4. The zero-order valence-electron chi connectivity index (χ0n) is 28.0. The predicted molar refractivity (Wildman–Crippen MR) is 193 cm³/mol. The first kappa shape index (κ1) is 33.9. The highest BCUT2D eigenvalue weighted by atomic mass is 32.2. The smallest absolute Gasteiger partial charge is 0.264 e. The molecular formula is C38H46N6O2S. The van der Waals surface area contributed by atoms with E-state index in [0.717, 1.165) is 51.1 Å². The Bertz CT molecular complexity index is 2000. The van der Waals surface area contributed by atoms with Gasteiger partial charge in [0.15, 0.2) is 0 Å². The minimum atomic E-state index is -3.93. The molecule has 5 aromatic rings. The van der Waals surface area contributed by atoms with E-state index < -0.39 is 15.4 Å². The Morgan fingerprint density at radius 3 is 2.26 bits per heavy atom. The lowest BCUT2D eigenvalue weighted by Crippen LogP contribution is -2.33. The molecular weight excluding hydrogens is 605 g/mol. The van der Waals surface area contributed by atoms with Gasteiger partial charge in [-0.2, -0.15) is 0 Å². The average molecular weight is 651 g/mol. The first-order chi connectivity index (χ1) is 22.4. The van der Waals surface area contributed by atoms with Gasteiger partial charge < -0.3 is 16.0 Å². The molecule has 47 heavy (non-hydrogen) atoms. The molecule has 246 valence electrons. The van der Waals surface area contributed by atoms with Crippen LogP contribution >= 0.6 is 0 Å². The summed E-state index contributed by atoms with van der Waals surface area (Å²) in [5, 5.41) is 7.61. The molecule has 0 aliphatic rings. The summed E-state index contributed by atoms with van der Waals surface area (Å²) in [7, 11) is -1.94. The number of benzene rings is 4. The van der Waals surface area contributed by atoms with Gasteiger partial charge in [0.2, 0.25) is 0 Å². The Balaban J connectivity index is 1.52. The van der Waals surface area contributed by atoms with Crippen LogP contribution in [-0.4, -0.2) is 36.9 Å². The van der Waals surface area contributed by atoms with E-state index in [0.29, 0.717) is 42.0 Å². The van der Waals surface area contributed by atoms with Gasteiger partial charge in [-0.25, -0.2) is 13.4 Å². The molecule has 0 spiro atoms. The van der Waals surface area contributed by atoms with Crippen molar-refractivity contribution in [2.45, 2.75) is 63.7 Å². The lowest BCUT2D eigenvalue weighted by molar-refractivity contribution is 0.586. The van der Waals surface area contributed by atoms with Crippen LogP contribution in [0.5, 0.6) is 0 Å². The molecule has 0 aliphatic carbocycles. The highest BCUT2D eigenvalue weighted by Crippen LogP contribution is 2.40. The van der Waals surface area contributed by atoms with Crippen LogP contribution < -0.4 is 15.8 Å². The molecule has 0 fully saturated rings. The van der Waals surface area contributed by atoms with Crippen LogP contribution in [0.4, 0.5) is 5.69 Å². The Labute approximate surface area is 279 Å². The third kappa shape index (κ3) is 6.55. The summed E-state index contributed by atoms with van der Waals surface area (Å²) in [6.07, 6.45) is 2.72. The molecule has 0 aliphatic heterocycles. The quantitative estimate of drug-likeness (QED) is 0.102. The van der Waals surface area contributed by atoms with E-state index in [1.54, 1.807) is 6.07 Å². The summed E-state index contributed by atoms with van der Waals surface area (Å²) >= 11 is 0. The van der Waals surface area contributed by atoms with Crippen molar-refractivity contribution < 1.29 is 8.42 Å². The molecule has 0 radical (unpaired) electrons. The van der Waals surface area contributed by atoms with Gasteiger partial charge in [-0.1, -0.05) is 81.4 Å². The second kappa shape index (κ2) is 13.7. The first-order valence-corrected chi connectivity index (χ1v) is 17.7. The number of sulfonamides is 1. The number of hydrogen-bond acceptors (Lipinski definition) is 5. The number of nitrogen functional groups attached to an aromatic ring is 1. The Morgan fingerprint density at radius 2 is 1.64 bits per heavy atom. The number of rotatable bonds is 13. The average Bonchev–Trinajstić information content (AvgIpc) is 3.38. The molecule has 5 rings (SSSR count). The molecule has 0 saturated heterocycles. The second-order valence-corrected chi connectivity index (χ2v) is 14.3. The summed E-state index contributed by atoms with van der Waals surface area (Å²) in [4.78, 5) is 5.26. The lowest BCUT2D eigenvalue weighted by atomic mass is 9.73. The van der Waals surface area contributed by atoms with E-state index in [1.165, 1.54) is 4.31 Å². The molecule has 5 N–H and O–H groups in total. The van der Waals surface area contributed by atoms with Crippen LogP contribution in [0.3, 0.4) is 0 Å². The molecule has 9 heteroatoms. The van der Waals surface area contributed by atoms with Crippen LogP contribution in [-0.2, 0) is 48.2 Å². The highest BCUT2D eigenvalue weighted by Gasteiger charge is 2.34. The maximum absolute atomic E-state index is 14.6. The molecule has 8 nitrogen and oxygen atoms in total. The van der Waals surface area contributed by atoms with Crippen molar-refractivity contribution in [3.8, 4) is 0 Å². The largest absolute Gasteiger partial charge is 0.384 e. The summed E-state index contributed by atoms with van der Waals surface area (Å²) in [6.45, 7) is 8.98. The number of aromatic nitrogens is 2. The van der Waals surface area contributed by atoms with E-state index >= 15 is 0 Å². The van der Waals surface area contributed by atoms with Gasteiger partial charge in [0.1, 0.15) is 11.7 Å². The van der Waals surface area contributed by atoms with Gasteiger partial charge in [0.25, 0.3) is 10.0 Å². The van der Waals surface area contributed by atoms with E-state index in [1.807, 2.05) is 87.6 Å². The molecule has 0 saturated carbocycles. The highest BCUT2D eigenvalue weighted by molar-refractivity contribution is 7.92. The minimum absolute atomic E-state index is 0.0526. The molecule has 0 atom stereocenters. The van der Waals surface area contributed by atoms with Crippen LogP contribution in [0.15, 0.2) is 89.8 Å². The third-order valence-corrected chi connectivity index (χ3v) is 11.2. The Hall–Kier alpha value is -4.47. The van der Waals surface area contributed by atoms with Crippen molar-refractivity contribution in [2.24, 2.45) is 18.5 Å². The van der Waals surface area contributed by atoms with Gasteiger partial charge in [-0.15, -0.1) is 0 Å². The van der Waals surface area contributed by atoms with Crippen molar-refractivity contribution >= 4 is 32.6 Å². The van der Waals surface area contributed by atoms with Crippen molar-refractivity contribution in [1.29, 1.82) is 5.41 Å². The number of hydrogen-bond donors (Lipinski definition) is 3. The third-order valence-electron chi connectivity index (χ3n) is 9.25. The Kier molecular flexibility index (Phi) is 9.89. The fraction of sp³-hybridized carbons (Fsp3) is 0.316. The van der Waals surface area contributed by atoms with E-state index in [-0.39, 0.29) is 12.4 Å². The van der Waals surface area contributed by atoms with E-state index in [2.05, 4.69) is 30.5 Å². The summed E-state index contributed by atoms with van der Waals surface area (Å²) in [6, 6.07) is 27.4. The topological polar surface area (TPSA) is 131 Å². The molecule has 0 amide bonds. The molecule has 1 aromatic heterocycles. The SMILES string of the molecule is CCc1c(S(=O)(=O)N(CC)c2ccc3c(c2)nc(CCc2ccc(C(=N)N)cc2)n3C)ccc(CCN)c1C(C)(C)c1ccccc1. The number of imidazole rings is 1. The normalized spacial score (nSPS) is 12.0. The van der Waals surface area contributed by atoms with Gasteiger partial charge in [-0.05, 0) is 84.8 Å². The molecule has 1 heterocycles. The minimum Gasteiger partial charge on any atom is -0.384 e. The van der Waals surface area contributed by atoms with Crippen LogP contribution in [0.1, 0.15) is 66.9 Å². The fourth-order valence-corrected chi connectivity index (χ4v) is 8.51. The molecule has 0 bridgehead atoms. The number of anilines is 1. The molecule has 0 unspecified atom stereocenters. The maximum Gasteiger partial charge on any atom is 0.264 e. The van der Waals surface area contributed by atoms with Gasteiger partial charge in [0.05, 0.1) is 21.6 Å². The van der Waals surface area contributed by atoms with E-state index in [4.69, 9.17) is 21.9 Å². The second-order valence-electron chi connectivity index (χ2n) is 12.5. The number of fused-ring (bicyclic) bond motifs is 1. The van der Waals surface area contributed by atoms with Crippen molar-refractivity contribution in [3.05, 3.63) is 124 Å². The van der Waals surface area contributed by atoms with Crippen molar-refractivity contribution in [1.82, 2.24) is 9.55 Å². The summed E-state index contributed by atoms with van der Waals surface area (Å²) < 4.78 is 32.8. The number of nitrogens with two attached hydrogens (primary N) is 2. The Morgan fingerprint density at radius 1 is 0.936 bits per heavy atom. The number of aryl methyl sites for hydroxylation is 3. The number of amidine groups is 1. The van der Waals surface area contributed by atoms with Gasteiger partial charge >= 0.3 is 0 Å². The monoisotopic (exact) mass is 650 g/mol. The van der Waals surface area contributed by atoms with E-state index in [9.17, 15) is 8.42 Å². The zero-order valence-corrected chi connectivity index (χ0v) is 28.9. The van der Waals surface area contributed by atoms with Crippen LogP contribution in [0.25, 0.3) is 11.0 Å². The van der Waals surface area contributed by atoms with Gasteiger partial charge in [0, 0.05) is 31.0 Å². The maximum atomic E-state index is 14.6. The summed E-state index contributed by atoms with van der Waals surface area (Å²) in [5.74, 6) is 0.965. The van der Waals surface area contributed by atoms with Crippen LogP contribution in [0, 0.1) is 5.41 Å². The van der Waals surface area contributed by atoms with Crippen LogP contribution in [0.2, 0.25) is 0 Å². The predicted octanol–water partition coefficient (Wildman–Crippen LogP) is 6.25. The van der Waals surface area contributed by atoms with Crippen molar-refractivity contribution in [3.63, 3.8) is 0 Å². The van der Waals surface area contributed by atoms with Gasteiger partial charge in [-0.3, -0.25) is 9.71 Å². The van der Waals surface area contributed by atoms with Crippen molar-refractivity contribution in [2.75, 3.05) is 17.4 Å². The zero-order chi connectivity index (χ0) is 33.9. The number of nitrogens with one attached hydrogen (secondary N) is 1. The standard InChI is InChI=1S/C38H46N6O2S/c1-6-31-34(21-18-27(23-24-39)36(31)38(3,4)29-11-9-8-10-12-29)47(45,46)44(7-2)30-19-20-33-32(25-30)42-35(43(33)5)22-15-26-13-16-28(17-14-26)37(40)41/h8-14,16-21,25H,6-7,15,22-24,39H2,1-5H3,(H3,40,41). The lowest BCUT2D eigenvalue weighted by Gasteiger charge is -2.33. The first-order valence-electron chi connectivity index (χ1n) is 16.3.